The number of carbonyl (C=O) groups is 1. The van der Waals surface area contributed by atoms with Gasteiger partial charge in [0.2, 0.25) is 0 Å². The quantitative estimate of drug-likeness (QED) is 0.848. The number of ketones is 1. The van der Waals surface area contributed by atoms with Crippen molar-refractivity contribution in [2.45, 2.75) is 26.7 Å². The first kappa shape index (κ1) is 14.0. The molecule has 1 aromatic rings. The smallest absolute Gasteiger partial charge is 0.163 e. The Morgan fingerprint density at radius 2 is 2.05 bits per heavy atom. The number of hydrogen-bond donors (Lipinski definition) is 1. The Labute approximate surface area is 113 Å². The first-order valence-corrected chi connectivity index (χ1v) is 6.92. The van der Waals surface area contributed by atoms with Gasteiger partial charge in [-0.3, -0.25) is 4.79 Å². The topological polar surface area (TPSA) is 32.3 Å². The number of piperazine rings is 1. The standard InChI is InChI=1S/C15H21FN2O/c1-3-4-15(19)12-10-13(16)14(9-11(12)2)18-7-5-17-6-8-18/h9-10,17H,3-8H2,1-2H3. The van der Waals surface area contributed by atoms with Crippen molar-refractivity contribution in [2.75, 3.05) is 31.1 Å². The van der Waals surface area contributed by atoms with Crippen LogP contribution < -0.4 is 10.2 Å². The molecule has 2 rings (SSSR count). The van der Waals surface area contributed by atoms with Gasteiger partial charge in [0.05, 0.1) is 5.69 Å². The molecule has 0 unspecified atom stereocenters. The second-order valence-corrected chi connectivity index (χ2v) is 5.03. The van der Waals surface area contributed by atoms with Gasteiger partial charge in [-0.05, 0) is 31.0 Å². The number of carbonyl (C=O) groups excluding carboxylic acids is 1. The number of hydrogen-bond acceptors (Lipinski definition) is 3. The number of nitrogens with zero attached hydrogens (tertiary/aromatic N) is 1. The molecule has 19 heavy (non-hydrogen) atoms. The molecule has 0 spiro atoms. The molecule has 0 aliphatic carbocycles. The van der Waals surface area contributed by atoms with Gasteiger partial charge in [0, 0.05) is 38.2 Å². The van der Waals surface area contributed by atoms with Crippen LogP contribution in [0.3, 0.4) is 0 Å². The second kappa shape index (κ2) is 6.15. The Bertz CT molecular complexity index is 467. The average molecular weight is 264 g/mol. The maximum Gasteiger partial charge on any atom is 0.163 e. The van der Waals surface area contributed by atoms with Gasteiger partial charge in [-0.25, -0.2) is 4.39 Å². The summed E-state index contributed by atoms with van der Waals surface area (Å²) >= 11 is 0. The number of aryl methyl sites for hydroxylation is 1. The summed E-state index contributed by atoms with van der Waals surface area (Å²) < 4.78 is 14.2. The minimum atomic E-state index is -0.285. The molecule has 1 saturated heterocycles. The number of benzene rings is 1. The summed E-state index contributed by atoms with van der Waals surface area (Å²) in [5.74, 6) is -0.252. The summed E-state index contributed by atoms with van der Waals surface area (Å²) in [5, 5.41) is 3.25. The largest absolute Gasteiger partial charge is 0.367 e. The second-order valence-electron chi connectivity index (χ2n) is 5.03. The normalized spacial score (nSPS) is 15.6. The fourth-order valence-corrected chi connectivity index (χ4v) is 2.48. The highest BCUT2D eigenvalue weighted by Crippen LogP contribution is 2.25. The van der Waals surface area contributed by atoms with Crippen LogP contribution in [0, 0.1) is 12.7 Å². The lowest BCUT2D eigenvalue weighted by Gasteiger charge is -2.30. The van der Waals surface area contributed by atoms with Crippen LogP contribution in [0.4, 0.5) is 10.1 Å². The Morgan fingerprint density at radius 1 is 1.37 bits per heavy atom. The van der Waals surface area contributed by atoms with Crippen LogP contribution in [0.25, 0.3) is 0 Å². The Kier molecular flexibility index (Phi) is 4.53. The van der Waals surface area contributed by atoms with E-state index in [2.05, 4.69) is 5.32 Å². The van der Waals surface area contributed by atoms with E-state index in [0.717, 1.165) is 38.2 Å². The monoisotopic (exact) mass is 264 g/mol. The maximum absolute atomic E-state index is 14.2. The van der Waals surface area contributed by atoms with Crippen LogP contribution in [-0.4, -0.2) is 32.0 Å². The van der Waals surface area contributed by atoms with Crippen molar-refractivity contribution in [3.05, 3.63) is 29.1 Å². The molecule has 0 bridgehead atoms. The highest BCUT2D eigenvalue weighted by Gasteiger charge is 2.18. The zero-order chi connectivity index (χ0) is 13.8. The van der Waals surface area contributed by atoms with Gasteiger partial charge < -0.3 is 10.2 Å². The lowest BCUT2D eigenvalue weighted by molar-refractivity contribution is 0.0980. The summed E-state index contributed by atoms with van der Waals surface area (Å²) in [5.41, 5.74) is 2.01. The number of nitrogens with one attached hydrogen (secondary N) is 1. The van der Waals surface area contributed by atoms with E-state index >= 15 is 0 Å². The molecule has 1 aliphatic rings. The fraction of sp³-hybridized carbons (Fsp3) is 0.533. The molecular weight excluding hydrogens is 243 g/mol. The predicted octanol–water partition coefficient (Wildman–Crippen LogP) is 2.53. The molecule has 0 saturated carbocycles. The molecule has 0 radical (unpaired) electrons. The third kappa shape index (κ3) is 3.13. The maximum atomic E-state index is 14.2. The number of rotatable bonds is 4. The molecule has 0 aromatic heterocycles. The van der Waals surface area contributed by atoms with E-state index in [0.29, 0.717) is 17.7 Å². The molecule has 1 heterocycles. The molecule has 3 nitrogen and oxygen atoms in total. The van der Waals surface area contributed by atoms with Crippen molar-refractivity contribution >= 4 is 11.5 Å². The van der Waals surface area contributed by atoms with Crippen molar-refractivity contribution in [3.8, 4) is 0 Å². The van der Waals surface area contributed by atoms with E-state index in [1.54, 1.807) is 0 Å². The number of halogens is 1. The number of Topliss-reactive ketones (excluding diaryl/α,β-unsaturated/α-hetero) is 1. The van der Waals surface area contributed by atoms with E-state index in [9.17, 15) is 9.18 Å². The van der Waals surface area contributed by atoms with Gasteiger partial charge in [0.25, 0.3) is 0 Å². The summed E-state index contributed by atoms with van der Waals surface area (Å²) in [6.07, 6.45) is 1.27. The van der Waals surface area contributed by atoms with E-state index in [4.69, 9.17) is 0 Å². The third-order valence-electron chi connectivity index (χ3n) is 3.53. The Balaban J connectivity index is 2.28. The van der Waals surface area contributed by atoms with Crippen molar-refractivity contribution in [2.24, 2.45) is 0 Å². The van der Waals surface area contributed by atoms with Crippen LogP contribution >= 0.6 is 0 Å². The van der Waals surface area contributed by atoms with Crippen LogP contribution in [0.5, 0.6) is 0 Å². The zero-order valence-electron chi connectivity index (χ0n) is 11.6. The van der Waals surface area contributed by atoms with Crippen molar-refractivity contribution in [1.82, 2.24) is 5.32 Å². The predicted molar refractivity (Wildman–Crippen MR) is 75.5 cm³/mol. The van der Waals surface area contributed by atoms with Gasteiger partial charge in [0.1, 0.15) is 5.82 Å². The molecule has 1 aromatic carbocycles. The Hall–Kier alpha value is -1.42. The molecular formula is C15H21FN2O. The minimum absolute atomic E-state index is 0.0331. The van der Waals surface area contributed by atoms with Crippen LogP contribution in [0.2, 0.25) is 0 Å². The van der Waals surface area contributed by atoms with Gasteiger partial charge in [0.15, 0.2) is 5.78 Å². The van der Waals surface area contributed by atoms with Crippen LogP contribution in [0.1, 0.15) is 35.7 Å². The summed E-state index contributed by atoms with van der Waals surface area (Å²) in [4.78, 5) is 13.9. The molecule has 0 atom stereocenters. The summed E-state index contributed by atoms with van der Waals surface area (Å²) in [7, 11) is 0. The van der Waals surface area contributed by atoms with E-state index in [1.165, 1.54) is 6.07 Å². The first-order chi connectivity index (χ1) is 9.13. The van der Waals surface area contributed by atoms with Gasteiger partial charge in [-0.15, -0.1) is 0 Å². The van der Waals surface area contributed by atoms with E-state index < -0.39 is 0 Å². The summed E-state index contributed by atoms with van der Waals surface area (Å²) in [6, 6.07) is 3.22. The molecule has 104 valence electrons. The lowest BCUT2D eigenvalue weighted by atomic mass is 10.00. The zero-order valence-corrected chi connectivity index (χ0v) is 11.6. The third-order valence-corrected chi connectivity index (χ3v) is 3.53. The highest BCUT2D eigenvalue weighted by molar-refractivity contribution is 5.97. The lowest BCUT2D eigenvalue weighted by Crippen LogP contribution is -2.44. The summed E-state index contributed by atoms with van der Waals surface area (Å²) in [6.45, 7) is 7.19. The van der Waals surface area contributed by atoms with Crippen molar-refractivity contribution < 1.29 is 9.18 Å². The molecule has 0 amide bonds. The molecule has 1 aliphatic heterocycles. The van der Waals surface area contributed by atoms with Gasteiger partial charge in [-0.1, -0.05) is 6.92 Å². The van der Waals surface area contributed by atoms with Crippen molar-refractivity contribution in [1.29, 1.82) is 0 Å². The average Bonchev–Trinajstić information content (AvgIpc) is 2.42. The SMILES string of the molecule is CCCC(=O)c1cc(F)c(N2CCNCC2)cc1C. The Morgan fingerprint density at radius 3 is 2.68 bits per heavy atom. The minimum Gasteiger partial charge on any atom is -0.367 e. The van der Waals surface area contributed by atoms with Crippen LogP contribution in [-0.2, 0) is 0 Å². The van der Waals surface area contributed by atoms with Crippen LogP contribution in [0.15, 0.2) is 12.1 Å². The first-order valence-electron chi connectivity index (χ1n) is 6.92. The van der Waals surface area contributed by atoms with Gasteiger partial charge >= 0.3 is 0 Å². The molecule has 1 N–H and O–H groups in total. The van der Waals surface area contributed by atoms with E-state index in [-0.39, 0.29) is 11.6 Å². The molecule has 4 heteroatoms. The number of anilines is 1. The van der Waals surface area contributed by atoms with E-state index in [1.807, 2.05) is 24.8 Å². The fourth-order valence-electron chi connectivity index (χ4n) is 2.48. The van der Waals surface area contributed by atoms with Crippen molar-refractivity contribution in [3.63, 3.8) is 0 Å². The molecule has 1 fully saturated rings. The highest BCUT2D eigenvalue weighted by atomic mass is 19.1. The van der Waals surface area contributed by atoms with Gasteiger partial charge in [-0.2, -0.15) is 0 Å².